The van der Waals surface area contributed by atoms with E-state index in [0.29, 0.717) is 6.17 Å². The van der Waals surface area contributed by atoms with Crippen molar-refractivity contribution in [2.24, 2.45) is 10.8 Å². The van der Waals surface area contributed by atoms with Gasteiger partial charge in [-0.05, 0) is 54.5 Å². The lowest BCUT2D eigenvalue weighted by atomic mass is 9.60. The normalized spacial score (nSPS) is 22.5. The largest absolute Gasteiger partial charge is 0.291 e. The minimum atomic E-state index is 0.114. The van der Waals surface area contributed by atoms with E-state index in [4.69, 9.17) is 0 Å². The summed E-state index contributed by atoms with van der Waals surface area (Å²) in [6, 6.07) is 0. The van der Waals surface area contributed by atoms with Gasteiger partial charge in [0.1, 0.15) is 0 Å². The average molecular weight is 278 g/mol. The molecular formula is C18H34N2. The lowest BCUT2D eigenvalue weighted by Gasteiger charge is -2.49. The highest BCUT2D eigenvalue weighted by Crippen LogP contribution is 2.53. The summed E-state index contributed by atoms with van der Waals surface area (Å²) in [5, 5.41) is 0. The van der Waals surface area contributed by atoms with Crippen LogP contribution in [0.3, 0.4) is 0 Å². The van der Waals surface area contributed by atoms with E-state index in [0.717, 1.165) is 0 Å². The molecular weight excluding hydrogens is 244 g/mol. The molecule has 0 bridgehead atoms. The molecule has 2 nitrogen and oxygen atoms in total. The molecule has 2 heteroatoms. The van der Waals surface area contributed by atoms with Gasteiger partial charge in [0.05, 0.1) is 6.17 Å². The summed E-state index contributed by atoms with van der Waals surface area (Å²) >= 11 is 0. The molecule has 1 aliphatic carbocycles. The first-order chi connectivity index (χ1) is 8.86. The molecule has 0 saturated carbocycles. The Labute approximate surface area is 126 Å². The van der Waals surface area contributed by atoms with Crippen molar-refractivity contribution in [3.63, 3.8) is 0 Å². The number of allylic oxidation sites excluding steroid dienone is 3. The molecule has 0 aromatic carbocycles. The Hall–Kier alpha value is -0.600. The number of hydrogen-bond acceptors (Lipinski definition) is 2. The molecule has 0 atom stereocenters. The van der Waals surface area contributed by atoms with Crippen LogP contribution in [0.25, 0.3) is 0 Å². The van der Waals surface area contributed by atoms with Gasteiger partial charge in [0, 0.05) is 10.8 Å². The van der Waals surface area contributed by atoms with Gasteiger partial charge in [-0.25, -0.2) is 0 Å². The minimum Gasteiger partial charge on any atom is -0.291 e. The van der Waals surface area contributed by atoms with Crippen molar-refractivity contribution >= 4 is 0 Å². The molecule has 0 aromatic rings. The second kappa shape index (κ2) is 5.31. The van der Waals surface area contributed by atoms with Gasteiger partial charge in [-0.3, -0.25) is 9.80 Å². The van der Waals surface area contributed by atoms with Gasteiger partial charge >= 0.3 is 0 Å². The third kappa shape index (κ3) is 2.48. The van der Waals surface area contributed by atoms with Crippen LogP contribution in [-0.2, 0) is 0 Å². The molecule has 0 spiro atoms. The molecule has 0 saturated heterocycles. The van der Waals surface area contributed by atoms with Crippen molar-refractivity contribution in [2.45, 2.75) is 54.6 Å². The van der Waals surface area contributed by atoms with E-state index in [-0.39, 0.29) is 10.8 Å². The highest BCUT2D eigenvalue weighted by Gasteiger charge is 2.43. The summed E-state index contributed by atoms with van der Waals surface area (Å²) in [6.45, 7) is 16.4. The van der Waals surface area contributed by atoms with Crippen LogP contribution in [0.5, 0.6) is 0 Å². The molecule has 0 fully saturated rings. The van der Waals surface area contributed by atoms with Crippen LogP contribution in [0.2, 0.25) is 0 Å². The SMILES string of the molecule is CC1=C(C)C(C)(C)C(C(N(C)C)N(C)C)=C(C)C1(C)C. The fourth-order valence-electron chi connectivity index (χ4n) is 3.72. The van der Waals surface area contributed by atoms with Crippen molar-refractivity contribution in [3.8, 4) is 0 Å². The fourth-order valence-corrected chi connectivity index (χ4v) is 3.72. The Kier molecular flexibility index (Phi) is 4.63. The summed E-state index contributed by atoms with van der Waals surface area (Å²) in [5.41, 5.74) is 6.40. The lowest BCUT2D eigenvalue weighted by Crippen LogP contribution is -2.48. The Morgan fingerprint density at radius 3 is 1.35 bits per heavy atom. The molecule has 0 radical (unpaired) electrons. The van der Waals surface area contributed by atoms with Crippen LogP contribution < -0.4 is 0 Å². The Balaban J connectivity index is 3.61. The smallest absolute Gasteiger partial charge is 0.0846 e. The van der Waals surface area contributed by atoms with Gasteiger partial charge < -0.3 is 0 Å². The summed E-state index contributed by atoms with van der Waals surface area (Å²) in [7, 11) is 8.70. The molecule has 0 N–H and O–H groups in total. The molecule has 0 aromatic heterocycles. The predicted octanol–water partition coefficient (Wildman–Crippen LogP) is 4.15. The number of nitrogens with zero attached hydrogens (tertiary/aromatic N) is 2. The van der Waals surface area contributed by atoms with Gasteiger partial charge in [0.2, 0.25) is 0 Å². The second-order valence-electron chi connectivity index (χ2n) is 7.84. The maximum absolute atomic E-state index is 2.37. The molecule has 1 rings (SSSR count). The molecule has 20 heavy (non-hydrogen) atoms. The standard InChI is InChI=1S/C18H34N2/c1-12-13(2)18(6,7)15(14(3)17(12,4)5)16(19(8)9)20(10)11/h16H,1-11H3. The lowest BCUT2D eigenvalue weighted by molar-refractivity contribution is 0.137. The van der Waals surface area contributed by atoms with E-state index in [9.17, 15) is 0 Å². The van der Waals surface area contributed by atoms with Gasteiger partial charge in [0.15, 0.2) is 0 Å². The summed E-state index contributed by atoms with van der Waals surface area (Å²) in [5.74, 6) is 0. The molecule has 0 unspecified atom stereocenters. The number of hydrogen-bond donors (Lipinski definition) is 0. The summed E-state index contributed by atoms with van der Waals surface area (Å²) in [4.78, 5) is 4.65. The molecule has 0 heterocycles. The van der Waals surface area contributed by atoms with E-state index in [2.05, 4.69) is 86.5 Å². The first kappa shape index (κ1) is 17.5. The molecule has 1 aliphatic rings. The van der Waals surface area contributed by atoms with Crippen LogP contribution in [0.15, 0.2) is 22.3 Å². The van der Waals surface area contributed by atoms with E-state index >= 15 is 0 Å². The minimum absolute atomic E-state index is 0.114. The molecule has 116 valence electrons. The quantitative estimate of drug-likeness (QED) is 0.565. The van der Waals surface area contributed by atoms with E-state index in [1.54, 1.807) is 5.57 Å². The summed E-state index contributed by atoms with van der Waals surface area (Å²) < 4.78 is 0. The predicted molar refractivity (Wildman–Crippen MR) is 89.8 cm³/mol. The van der Waals surface area contributed by atoms with Crippen molar-refractivity contribution in [1.82, 2.24) is 9.80 Å². The van der Waals surface area contributed by atoms with Crippen molar-refractivity contribution in [2.75, 3.05) is 28.2 Å². The van der Waals surface area contributed by atoms with Crippen LogP contribution in [-0.4, -0.2) is 44.2 Å². The van der Waals surface area contributed by atoms with Gasteiger partial charge in [0.25, 0.3) is 0 Å². The van der Waals surface area contributed by atoms with Gasteiger partial charge in [-0.2, -0.15) is 0 Å². The third-order valence-corrected chi connectivity index (χ3v) is 5.69. The van der Waals surface area contributed by atoms with E-state index in [1.807, 2.05) is 0 Å². The van der Waals surface area contributed by atoms with Crippen LogP contribution in [0.4, 0.5) is 0 Å². The van der Waals surface area contributed by atoms with Crippen molar-refractivity contribution in [3.05, 3.63) is 22.3 Å². The first-order valence-corrected chi connectivity index (χ1v) is 7.59. The van der Waals surface area contributed by atoms with E-state index in [1.165, 1.54) is 16.7 Å². The Morgan fingerprint density at radius 1 is 0.650 bits per heavy atom. The highest BCUT2D eigenvalue weighted by atomic mass is 15.3. The topological polar surface area (TPSA) is 6.48 Å². The van der Waals surface area contributed by atoms with Crippen LogP contribution in [0, 0.1) is 10.8 Å². The monoisotopic (exact) mass is 278 g/mol. The molecule has 0 aliphatic heterocycles. The third-order valence-electron chi connectivity index (χ3n) is 5.69. The van der Waals surface area contributed by atoms with Crippen LogP contribution in [0.1, 0.15) is 48.5 Å². The Bertz CT molecular complexity index is 440. The number of likely N-dealkylation sites (N-methyl/N-ethyl adjacent to an activating group) is 2. The maximum Gasteiger partial charge on any atom is 0.0846 e. The zero-order valence-electron chi connectivity index (χ0n) is 15.5. The highest BCUT2D eigenvalue weighted by molar-refractivity contribution is 5.46. The van der Waals surface area contributed by atoms with Crippen molar-refractivity contribution in [1.29, 1.82) is 0 Å². The zero-order valence-corrected chi connectivity index (χ0v) is 15.5. The zero-order chi connectivity index (χ0) is 16.0. The second-order valence-corrected chi connectivity index (χ2v) is 7.84. The number of rotatable bonds is 3. The van der Waals surface area contributed by atoms with Gasteiger partial charge in [-0.15, -0.1) is 0 Å². The summed E-state index contributed by atoms with van der Waals surface area (Å²) in [6.07, 6.45) is 0.340. The van der Waals surface area contributed by atoms with Crippen molar-refractivity contribution < 1.29 is 0 Å². The van der Waals surface area contributed by atoms with Gasteiger partial charge in [-0.1, -0.05) is 44.4 Å². The fraction of sp³-hybridized carbons (Fsp3) is 0.778. The van der Waals surface area contributed by atoms with Crippen LogP contribution >= 0.6 is 0 Å². The molecule has 0 amide bonds. The maximum atomic E-state index is 2.37. The first-order valence-electron chi connectivity index (χ1n) is 7.59. The van der Waals surface area contributed by atoms with E-state index < -0.39 is 0 Å². The average Bonchev–Trinajstić information content (AvgIpc) is 2.30. The Morgan fingerprint density at radius 2 is 1.00 bits per heavy atom.